The number of benzene rings is 1. The minimum atomic E-state index is -3.15. The average molecular weight is 466 g/mol. The van der Waals surface area contributed by atoms with E-state index in [4.69, 9.17) is 23.1 Å². The van der Waals surface area contributed by atoms with Crippen LogP contribution in [-0.4, -0.2) is 48.6 Å². The van der Waals surface area contributed by atoms with Crippen LogP contribution in [0.3, 0.4) is 0 Å². The summed E-state index contributed by atoms with van der Waals surface area (Å²) in [5.41, 5.74) is 11.8. The Morgan fingerprint density at radius 2 is 1.90 bits per heavy atom. The van der Waals surface area contributed by atoms with Crippen molar-refractivity contribution in [1.29, 1.82) is 0 Å². The molecule has 1 aromatic carbocycles. The molecular formula is C19H24ClN7O3S. The summed E-state index contributed by atoms with van der Waals surface area (Å²) in [4.78, 5) is 24.2. The zero-order valence-electron chi connectivity index (χ0n) is 16.7. The third-order valence-corrected chi connectivity index (χ3v) is 6.61. The Labute approximate surface area is 185 Å². The number of aliphatic imine (C=N–C) groups is 1. The highest BCUT2D eigenvalue weighted by Crippen LogP contribution is 2.17. The molecule has 1 aromatic heterocycles. The first kappa shape index (κ1) is 22.8. The van der Waals surface area contributed by atoms with Gasteiger partial charge in [-0.15, -0.1) is 0 Å². The number of halogens is 1. The van der Waals surface area contributed by atoms with Crippen LogP contribution in [0.5, 0.6) is 0 Å². The van der Waals surface area contributed by atoms with Gasteiger partial charge >= 0.3 is 0 Å². The molecule has 0 aliphatic carbocycles. The van der Waals surface area contributed by atoms with Gasteiger partial charge in [-0.3, -0.25) is 15.1 Å². The van der Waals surface area contributed by atoms with Gasteiger partial charge in [0.2, 0.25) is 0 Å². The van der Waals surface area contributed by atoms with E-state index in [-0.39, 0.29) is 40.0 Å². The summed E-state index contributed by atoms with van der Waals surface area (Å²) in [6.45, 7) is 0.468. The number of hydrogen-bond acceptors (Lipinski definition) is 9. The number of carbonyl (C=O) groups excluding carboxylic acids is 1. The zero-order chi connectivity index (χ0) is 22.4. The minimum Gasteiger partial charge on any atom is -0.382 e. The summed E-state index contributed by atoms with van der Waals surface area (Å²) in [6, 6.07) is 9.14. The van der Waals surface area contributed by atoms with E-state index in [1.165, 1.54) is 0 Å². The molecule has 0 saturated heterocycles. The second-order valence-electron chi connectivity index (χ2n) is 7.19. The van der Waals surface area contributed by atoms with Gasteiger partial charge in [0.25, 0.3) is 5.91 Å². The number of guanidine groups is 1. The van der Waals surface area contributed by atoms with Crippen LogP contribution >= 0.6 is 11.6 Å². The summed E-state index contributed by atoms with van der Waals surface area (Å²) in [5, 5.41) is 5.56. The van der Waals surface area contributed by atoms with Crippen molar-refractivity contribution in [2.45, 2.75) is 31.1 Å². The van der Waals surface area contributed by atoms with E-state index < -0.39 is 15.7 Å². The summed E-state index contributed by atoms with van der Waals surface area (Å²) < 4.78 is 24.5. The molecule has 0 radical (unpaired) electrons. The molecule has 0 saturated carbocycles. The normalized spacial score (nSPS) is 15.9. The molecule has 2 heterocycles. The Kier molecular flexibility index (Phi) is 7.29. The van der Waals surface area contributed by atoms with Crippen molar-refractivity contribution in [3.05, 3.63) is 46.7 Å². The summed E-state index contributed by atoms with van der Waals surface area (Å²) in [6.07, 6.45) is 2.00. The lowest BCUT2D eigenvalue weighted by Crippen LogP contribution is -2.42. The number of hydrogen-bond donors (Lipinski definition) is 4. The van der Waals surface area contributed by atoms with E-state index in [2.05, 4.69) is 25.6 Å². The van der Waals surface area contributed by atoms with Gasteiger partial charge < -0.3 is 16.8 Å². The molecule has 31 heavy (non-hydrogen) atoms. The standard InChI is InChI=1S/C19H24ClN7O3S/c20-15-17(22)26-16(21)14(25-15)18(28)27-19-23-10-13(24-19)8-4-5-9-31(29,30)11-12-6-2-1-3-7-12/h1-3,6-7,13H,4-5,8-11H2,(H4,21,22,26)(H2,23,24,27,28)/t13-/m0/s1. The number of nitrogen functional groups attached to an aromatic ring is 2. The van der Waals surface area contributed by atoms with Crippen LogP contribution in [0.1, 0.15) is 35.3 Å². The number of anilines is 2. The largest absolute Gasteiger partial charge is 0.382 e. The first-order valence-corrected chi connectivity index (χ1v) is 11.9. The number of nitrogens with zero attached hydrogens (tertiary/aromatic N) is 3. The van der Waals surface area contributed by atoms with Crippen molar-refractivity contribution in [2.75, 3.05) is 23.8 Å². The number of unbranched alkanes of at least 4 members (excludes halogenated alkanes) is 1. The highest BCUT2D eigenvalue weighted by atomic mass is 35.5. The van der Waals surface area contributed by atoms with Crippen molar-refractivity contribution < 1.29 is 13.2 Å². The first-order valence-electron chi connectivity index (χ1n) is 9.68. The summed E-state index contributed by atoms with van der Waals surface area (Å²) in [7, 11) is -3.15. The van der Waals surface area contributed by atoms with Crippen LogP contribution in [0, 0.1) is 0 Å². The predicted molar refractivity (Wildman–Crippen MR) is 120 cm³/mol. The van der Waals surface area contributed by atoms with Gasteiger partial charge in [-0.1, -0.05) is 48.4 Å². The Morgan fingerprint density at radius 1 is 1.16 bits per heavy atom. The number of carbonyl (C=O) groups is 1. The van der Waals surface area contributed by atoms with Crippen LogP contribution in [-0.2, 0) is 15.6 Å². The lowest BCUT2D eigenvalue weighted by Gasteiger charge is -2.12. The fourth-order valence-corrected chi connectivity index (χ4v) is 4.73. The van der Waals surface area contributed by atoms with E-state index in [0.717, 1.165) is 12.0 Å². The van der Waals surface area contributed by atoms with E-state index in [0.29, 0.717) is 25.3 Å². The quantitative estimate of drug-likeness (QED) is 0.421. The molecule has 12 heteroatoms. The number of nitrogens with one attached hydrogen (secondary N) is 2. The molecule has 6 N–H and O–H groups in total. The number of nitrogens with two attached hydrogens (primary N) is 2. The molecule has 10 nitrogen and oxygen atoms in total. The highest BCUT2D eigenvalue weighted by Gasteiger charge is 2.22. The zero-order valence-corrected chi connectivity index (χ0v) is 18.3. The van der Waals surface area contributed by atoms with Gasteiger partial charge in [0, 0.05) is 6.04 Å². The van der Waals surface area contributed by atoms with Crippen LogP contribution < -0.4 is 22.1 Å². The number of sulfone groups is 1. The molecule has 0 bridgehead atoms. The minimum absolute atomic E-state index is 0.00515. The van der Waals surface area contributed by atoms with E-state index in [1.54, 1.807) is 0 Å². The molecule has 0 spiro atoms. The van der Waals surface area contributed by atoms with Gasteiger partial charge in [0.1, 0.15) is 0 Å². The van der Waals surface area contributed by atoms with Crippen LogP contribution in [0.2, 0.25) is 5.15 Å². The summed E-state index contributed by atoms with van der Waals surface area (Å²) in [5.74, 6) is -0.318. The van der Waals surface area contributed by atoms with Gasteiger partial charge in [-0.2, -0.15) is 0 Å². The third-order valence-electron chi connectivity index (χ3n) is 4.65. The average Bonchev–Trinajstić information content (AvgIpc) is 3.15. The molecular weight excluding hydrogens is 442 g/mol. The maximum Gasteiger partial charge on any atom is 0.280 e. The SMILES string of the molecule is Nc1nc(N)c(C(=O)NC2=NC[C@H](CCCCS(=O)(=O)Cc3ccccc3)N2)nc1Cl. The lowest BCUT2D eigenvalue weighted by atomic mass is 10.1. The lowest BCUT2D eigenvalue weighted by molar-refractivity contribution is 0.0972. The van der Waals surface area contributed by atoms with Crippen LogP contribution in [0.4, 0.5) is 11.6 Å². The molecule has 1 atom stereocenters. The van der Waals surface area contributed by atoms with Gasteiger partial charge in [0.05, 0.1) is 18.1 Å². The maximum atomic E-state index is 12.3. The fourth-order valence-electron chi connectivity index (χ4n) is 3.11. The highest BCUT2D eigenvalue weighted by molar-refractivity contribution is 7.90. The van der Waals surface area contributed by atoms with Gasteiger partial charge in [-0.05, 0) is 18.4 Å². The van der Waals surface area contributed by atoms with Crippen molar-refractivity contribution in [3.8, 4) is 0 Å². The van der Waals surface area contributed by atoms with E-state index in [1.807, 2.05) is 30.3 Å². The first-order chi connectivity index (χ1) is 14.7. The predicted octanol–water partition coefficient (Wildman–Crippen LogP) is 1.14. The Bertz CT molecular complexity index is 1080. The molecule has 1 aliphatic heterocycles. The number of rotatable bonds is 8. The van der Waals surface area contributed by atoms with E-state index in [9.17, 15) is 13.2 Å². The second-order valence-corrected chi connectivity index (χ2v) is 9.73. The number of aromatic nitrogens is 2. The molecule has 1 aliphatic rings. The van der Waals surface area contributed by atoms with Crippen LogP contribution in [0.25, 0.3) is 0 Å². The summed E-state index contributed by atoms with van der Waals surface area (Å²) >= 11 is 5.80. The van der Waals surface area contributed by atoms with Gasteiger partial charge in [-0.25, -0.2) is 18.4 Å². The molecule has 2 aromatic rings. The molecule has 0 unspecified atom stereocenters. The van der Waals surface area contributed by atoms with Crippen molar-refractivity contribution in [3.63, 3.8) is 0 Å². The number of amides is 1. The topological polar surface area (TPSA) is 165 Å². The third kappa shape index (κ3) is 6.53. The monoisotopic (exact) mass is 465 g/mol. The fraction of sp³-hybridized carbons (Fsp3) is 0.368. The van der Waals surface area contributed by atoms with Crippen molar-refractivity contribution in [1.82, 2.24) is 20.6 Å². The Hall–Kier alpha value is -2.92. The Morgan fingerprint density at radius 3 is 2.65 bits per heavy atom. The van der Waals surface area contributed by atoms with Crippen molar-refractivity contribution in [2.24, 2.45) is 4.99 Å². The maximum absolute atomic E-state index is 12.3. The van der Waals surface area contributed by atoms with Crippen molar-refractivity contribution >= 4 is 44.9 Å². The van der Waals surface area contributed by atoms with E-state index >= 15 is 0 Å². The Balaban J connectivity index is 1.40. The smallest absolute Gasteiger partial charge is 0.280 e. The second kappa shape index (κ2) is 9.92. The molecule has 0 fully saturated rings. The molecule has 3 rings (SSSR count). The van der Waals surface area contributed by atoms with Crippen LogP contribution in [0.15, 0.2) is 35.3 Å². The van der Waals surface area contributed by atoms with Gasteiger partial charge in [0.15, 0.2) is 38.3 Å². The molecule has 166 valence electrons. The molecule has 1 amide bonds.